The van der Waals surface area contributed by atoms with E-state index in [1.165, 1.54) is 0 Å². The van der Waals surface area contributed by atoms with E-state index in [0.717, 1.165) is 22.5 Å². The fraction of sp³-hybridized carbons (Fsp3) is 0.0588. The molecule has 0 aliphatic heterocycles. The zero-order valence-electron chi connectivity index (χ0n) is 22.0. The second-order valence-electron chi connectivity index (χ2n) is 9.50. The zero-order chi connectivity index (χ0) is 28.2. The molecule has 0 saturated heterocycles. The molecule has 40 heavy (non-hydrogen) atoms. The van der Waals surface area contributed by atoms with Crippen molar-refractivity contribution in [1.29, 1.82) is 0 Å². The average Bonchev–Trinajstić information content (AvgIpc) is 2.93. The SMILES string of the molecule is Cc1ccccc1C(=O)c1ccc(Nc2cc(Nc3cccc(Cl)c3)ccc2C(=O)c2ccccc2C)cc1Cl. The maximum Gasteiger partial charge on any atom is 0.195 e. The number of halogens is 2. The predicted molar refractivity (Wildman–Crippen MR) is 165 cm³/mol. The van der Waals surface area contributed by atoms with Gasteiger partial charge in [0.25, 0.3) is 0 Å². The first-order valence-electron chi connectivity index (χ1n) is 12.7. The van der Waals surface area contributed by atoms with E-state index in [-0.39, 0.29) is 11.6 Å². The molecule has 6 heteroatoms. The Morgan fingerprint density at radius 1 is 0.525 bits per heavy atom. The monoisotopic (exact) mass is 564 g/mol. The average molecular weight is 566 g/mol. The van der Waals surface area contributed by atoms with Crippen molar-refractivity contribution in [1.82, 2.24) is 0 Å². The summed E-state index contributed by atoms with van der Waals surface area (Å²) in [6.45, 7) is 3.81. The highest BCUT2D eigenvalue weighted by Crippen LogP contribution is 2.32. The normalized spacial score (nSPS) is 10.7. The van der Waals surface area contributed by atoms with Gasteiger partial charge in [-0.05, 0) is 79.6 Å². The fourth-order valence-corrected chi connectivity index (χ4v) is 4.99. The van der Waals surface area contributed by atoms with Crippen molar-refractivity contribution in [2.24, 2.45) is 0 Å². The second kappa shape index (κ2) is 11.8. The molecule has 0 atom stereocenters. The Labute approximate surface area is 243 Å². The van der Waals surface area contributed by atoms with Crippen molar-refractivity contribution in [2.45, 2.75) is 13.8 Å². The van der Waals surface area contributed by atoms with E-state index < -0.39 is 0 Å². The van der Waals surface area contributed by atoms with Crippen LogP contribution < -0.4 is 10.6 Å². The molecule has 4 nitrogen and oxygen atoms in total. The van der Waals surface area contributed by atoms with Crippen LogP contribution in [0.25, 0.3) is 0 Å². The molecule has 0 amide bonds. The smallest absolute Gasteiger partial charge is 0.195 e. The summed E-state index contributed by atoms with van der Waals surface area (Å²) in [4.78, 5) is 26.8. The van der Waals surface area contributed by atoms with E-state index in [1.54, 1.807) is 36.4 Å². The zero-order valence-corrected chi connectivity index (χ0v) is 23.5. The molecule has 0 aliphatic carbocycles. The molecule has 0 unspecified atom stereocenters. The van der Waals surface area contributed by atoms with E-state index in [0.29, 0.717) is 43.7 Å². The van der Waals surface area contributed by atoms with Gasteiger partial charge in [-0.3, -0.25) is 9.59 Å². The van der Waals surface area contributed by atoms with Crippen LogP contribution in [0.3, 0.4) is 0 Å². The fourth-order valence-electron chi connectivity index (χ4n) is 4.53. The van der Waals surface area contributed by atoms with Crippen LogP contribution in [-0.2, 0) is 0 Å². The van der Waals surface area contributed by atoms with Gasteiger partial charge in [-0.15, -0.1) is 0 Å². The summed E-state index contributed by atoms with van der Waals surface area (Å²) in [7, 11) is 0. The molecule has 0 aliphatic rings. The van der Waals surface area contributed by atoms with Gasteiger partial charge in [0.05, 0.1) is 10.7 Å². The summed E-state index contributed by atoms with van der Waals surface area (Å²) in [5.74, 6) is -0.245. The maximum atomic E-state index is 13.6. The molecule has 0 heterocycles. The van der Waals surface area contributed by atoms with Gasteiger partial charge in [0.15, 0.2) is 11.6 Å². The molecule has 2 N–H and O–H groups in total. The number of carbonyl (C=O) groups is 2. The topological polar surface area (TPSA) is 58.2 Å². The molecule has 0 aromatic heterocycles. The Balaban J connectivity index is 1.51. The number of anilines is 4. The third-order valence-electron chi connectivity index (χ3n) is 6.65. The van der Waals surface area contributed by atoms with Gasteiger partial charge in [-0.25, -0.2) is 0 Å². The standard InChI is InChI=1S/C34H26Cl2N2O2/c1-21-8-3-5-12-27(21)33(39)29-16-14-25(19-31(29)36)38-32-20-26(37-24-11-7-10-23(35)18-24)15-17-30(32)34(40)28-13-6-4-9-22(28)2/h3-20,37-38H,1-2H3. The van der Waals surface area contributed by atoms with Crippen molar-refractivity contribution < 1.29 is 9.59 Å². The number of carbonyl (C=O) groups excluding carboxylic acids is 2. The van der Waals surface area contributed by atoms with Crippen molar-refractivity contribution in [3.8, 4) is 0 Å². The molecule has 5 aromatic carbocycles. The molecule has 5 aromatic rings. The number of aryl methyl sites for hydroxylation is 2. The lowest BCUT2D eigenvalue weighted by molar-refractivity contribution is 0.103. The van der Waals surface area contributed by atoms with E-state index in [2.05, 4.69) is 10.6 Å². The quantitative estimate of drug-likeness (QED) is 0.184. The number of hydrogen-bond donors (Lipinski definition) is 2. The molecule has 5 rings (SSSR count). The van der Waals surface area contributed by atoms with Gasteiger partial charge in [0, 0.05) is 44.3 Å². The summed E-state index contributed by atoms with van der Waals surface area (Å²) in [5.41, 5.74) is 6.74. The van der Waals surface area contributed by atoms with E-state index >= 15 is 0 Å². The van der Waals surface area contributed by atoms with Gasteiger partial charge in [-0.2, -0.15) is 0 Å². The van der Waals surface area contributed by atoms with Crippen LogP contribution in [0.15, 0.2) is 109 Å². The maximum absolute atomic E-state index is 13.6. The van der Waals surface area contributed by atoms with Gasteiger partial charge in [0.2, 0.25) is 0 Å². The molecule has 0 saturated carbocycles. The Hall–Kier alpha value is -4.38. The van der Waals surface area contributed by atoms with Crippen LogP contribution in [-0.4, -0.2) is 11.6 Å². The minimum absolute atomic E-state index is 0.104. The van der Waals surface area contributed by atoms with Crippen molar-refractivity contribution >= 4 is 57.5 Å². The van der Waals surface area contributed by atoms with Gasteiger partial charge in [0.1, 0.15) is 0 Å². The largest absolute Gasteiger partial charge is 0.355 e. The summed E-state index contributed by atoms with van der Waals surface area (Å²) in [6.07, 6.45) is 0. The third-order valence-corrected chi connectivity index (χ3v) is 7.20. The number of rotatable bonds is 8. The Morgan fingerprint density at radius 3 is 1.68 bits per heavy atom. The van der Waals surface area contributed by atoms with Crippen molar-refractivity contribution in [2.75, 3.05) is 10.6 Å². The highest BCUT2D eigenvalue weighted by molar-refractivity contribution is 6.35. The lowest BCUT2D eigenvalue weighted by atomic mass is 9.97. The van der Waals surface area contributed by atoms with Crippen LogP contribution in [0.1, 0.15) is 43.0 Å². The molecular weight excluding hydrogens is 539 g/mol. The first kappa shape index (κ1) is 27.2. The Kier molecular flexibility index (Phi) is 8.01. The van der Waals surface area contributed by atoms with Gasteiger partial charge >= 0.3 is 0 Å². The molecule has 0 bridgehead atoms. The molecule has 198 valence electrons. The second-order valence-corrected chi connectivity index (χ2v) is 10.3. The molecule has 0 radical (unpaired) electrons. The van der Waals surface area contributed by atoms with E-state index in [9.17, 15) is 9.59 Å². The number of hydrogen-bond acceptors (Lipinski definition) is 4. The Bertz CT molecular complexity index is 1750. The van der Waals surface area contributed by atoms with Crippen LogP contribution in [0, 0.1) is 13.8 Å². The molecular formula is C34H26Cl2N2O2. The summed E-state index contributed by atoms with van der Waals surface area (Å²) in [6, 6.07) is 33.0. The van der Waals surface area contributed by atoms with Crippen LogP contribution in [0.4, 0.5) is 22.7 Å². The predicted octanol–water partition coefficient (Wildman–Crippen LogP) is 9.56. The number of ketones is 2. The van der Waals surface area contributed by atoms with Crippen LogP contribution >= 0.6 is 23.2 Å². The van der Waals surface area contributed by atoms with Crippen molar-refractivity contribution in [3.63, 3.8) is 0 Å². The minimum Gasteiger partial charge on any atom is -0.355 e. The highest BCUT2D eigenvalue weighted by Gasteiger charge is 2.18. The summed E-state index contributed by atoms with van der Waals surface area (Å²) in [5, 5.41) is 7.63. The first-order chi connectivity index (χ1) is 19.3. The number of nitrogens with one attached hydrogen (secondary N) is 2. The minimum atomic E-state index is -0.141. The van der Waals surface area contributed by atoms with E-state index in [4.69, 9.17) is 23.2 Å². The third kappa shape index (κ3) is 5.94. The van der Waals surface area contributed by atoms with Crippen molar-refractivity contribution in [3.05, 3.63) is 153 Å². The molecule has 0 spiro atoms. The number of benzene rings is 5. The summed E-state index contributed by atoms with van der Waals surface area (Å²) < 4.78 is 0. The Morgan fingerprint density at radius 2 is 1.07 bits per heavy atom. The first-order valence-corrected chi connectivity index (χ1v) is 13.5. The highest BCUT2D eigenvalue weighted by atomic mass is 35.5. The van der Waals surface area contributed by atoms with Gasteiger partial charge in [-0.1, -0.05) is 77.8 Å². The van der Waals surface area contributed by atoms with Crippen LogP contribution in [0.2, 0.25) is 10.0 Å². The van der Waals surface area contributed by atoms with Crippen LogP contribution in [0.5, 0.6) is 0 Å². The lowest BCUT2D eigenvalue weighted by Gasteiger charge is -2.16. The summed E-state index contributed by atoms with van der Waals surface area (Å²) >= 11 is 12.8. The van der Waals surface area contributed by atoms with Gasteiger partial charge < -0.3 is 10.6 Å². The lowest BCUT2D eigenvalue weighted by Crippen LogP contribution is -2.08. The van der Waals surface area contributed by atoms with E-state index in [1.807, 2.05) is 86.6 Å². The molecule has 0 fully saturated rings.